The Morgan fingerprint density at radius 2 is 1.75 bits per heavy atom. The third-order valence-electron chi connectivity index (χ3n) is 3.39. The van der Waals surface area contributed by atoms with E-state index >= 15 is 0 Å². The molecule has 2 rings (SSSR count). The van der Waals surface area contributed by atoms with E-state index in [1.807, 2.05) is 32.9 Å². The maximum absolute atomic E-state index is 10.9. The summed E-state index contributed by atoms with van der Waals surface area (Å²) < 4.78 is 16.9. The molecule has 0 spiro atoms. The van der Waals surface area contributed by atoms with Gasteiger partial charge in [0.05, 0.1) is 11.6 Å². The Morgan fingerprint density at radius 3 is 2.42 bits per heavy atom. The topological polar surface area (TPSA) is 44.8 Å². The summed E-state index contributed by atoms with van der Waals surface area (Å²) in [6, 6.07) is 9.19. The number of carbonyl (C=O) groups excluding carboxylic acids is 1. The van der Waals surface area contributed by atoms with Crippen LogP contribution in [0, 0.1) is 13.8 Å². The van der Waals surface area contributed by atoms with Crippen LogP contribution in [0.5, 0.6) is 17.2 Å². The lowest BCUT2D eigenvalue weighted by atomic mass is 10.1. The molecule has 5 heteroatoms. The Bertz CT molecular complexity index is 713. The minimum atomic E-state index is 0.313. The Kier molecular flexibility index (Phi) is 6.50. The predicted molar refractivity (Wildman–Crippen MR) is 94.9 cm³/mol. The minimum Gasteiger partial charge on any atom is -0.490 e. The number of aryl methyl sites for hydroxylation is 2. The molecule has 24 heavy (non-hydrogen) atoms. The molecule has 0 N–H and O–H groups in total. The summed E-state index contributed by atoms with van der Waals surface area (Å²) in [5.41, 5.74) is 2.72. The molecule has 4 nitrogen and oxygen atoms in total. The molecule has 0 radical (unpaired) electrons. The second kappa shape index (κ2) is 8.60. The first-order valence-electron chi connectivity index (χ1n) is 7.79. The molecule has 0 bridgehead atoms. The van der Waals surface area contributed by atoms with Crippen LogP contribution in [0.3, 0.4) is 0 Å². The Morgan fingerprint density at radius 1 is 1.00 bits per heavy atom. The molecule has 128 valence electrons. The molecule has 0 aromatic heterocycles. The number of hydrogen-bond acceptors (Lipinski definition) is 4. The van der Waals surface area contributed by atoms with Gasteiger partial charge in [0.2, 0.25) is 0 Å². The monoisotopic (exact) mass is 348 g/mol. The van der Waals surface area contributed by atoms with Crippen LogP contribution in [0.15, 0.2) is 30.3 Å². The third kappa shape index (κ3) is 4.65. The molecule has 2 aromatic carbocycles. The van der Waals surface area contributed by atoms with Gasteiger partial charge in [0, 0.05) is 5.56 Å². The van der Waals surface area contributed by atoms with Gasteiger partial charge in [-0.2, -0.15) is 0 Å². The van der Waals surface area contributed by atoms with E-state index in [9.17, 15) is 4.79 Å². The zero-order chi connectivity index (χ0) is 17.5. The molecule has 0 saturated carbocycles. The second-order valence-electron chi connectivity index (χ2n) is 5.35. The Balaban J connectivity index is 1.99. The summed E-state index contributed by atoms with van der Waals surface area (Å²) in [6.07, 6.45) is 0.724. The maximum atomic E-state index is 10.9. The first kappa shape index (κ1) is 18.1. The van der Waals surface area contributed by atoms with Crippen molar-refractivity contribution in [1.82, 2.24) is 0 Å². The van der Waals surface area contributed by atoms with Crippen LogP contribution in [-0.2, 0) is 0 Å². The first-order valence-corrected chi connectivity index (χ1v) is 8.17. The van der Waals surface area contributed by atoms with Crippen LogP contribution in [-0.4, -0.2) is 26.1 Å². The molecule has 0 aliphatic rings. The average molecular weight is 349 g/mol. The zero-order valence-electron chi connectivity index (χ0n) is 14.1. The normalized spacial score (nSPS) is 10.3. The lowest BCUT2D eigenvalue weighted by molar-refractivity contribution is 0.112. The Hall–Kier alpha value is -2.20. The number of benzene rings is 2. The van der Waals surface area contributed by atoms with Crippen LogP contribution in [0.25, 0.3) is 0 Å². The number of aldehydes is 1. The van der Waals surface area contributed by atoms with Crippen molar-refractivity contribution in [1.29, 1.82) is 0 Å². The van der Waals surface area contributed by atoms with Crippen molar-refractivity contribution in [3.63, 3.8) is 0 Å². The summed E-state index contributed by atoms with van der Waals surface area (Å²) in [6.45, 7) is 7.04. The van der Waals surface area contributed by atoms with Crippen molar-refractivity contribution >= 4 is 17.9 Å². The largest absolute Gasteiger partial charge is 0.490 e. The average Bonchev–Trinajstić information content (AvgIpc) is 2.55. The van der Waals surface area contributed by atoms with Crippen molar-refractivity contribution < 1.29 is 19.0 Å². The number of hydrogen-bond donors (Lipinski definition) is 0. The lowest BCUT2D eigenvalue weighted by Gasteiger charge is -2.15. The predicted octanol–water partition coefficient (Wildman–Crippen LogP) is 4.63. The van der Waals surface area contributed by atoms with Crippen LogP contribution in [0.4, 0.5) is 0 Å². The molecule has 0 fully saturated rings. The summed E-state index contributed by atoms with van der Waals surface area (Å²) in [7, 11) is 0. The van der Waals surface area contributed by atoms with Crippen molar-refractivity contribution in [2.75, 3.05) is 19.8 Å². The fourth-order valence-electron chi connectivity index (χ4n) is 2.32. The highest BCUT2D eigenvalue weighted by Gasteiger charge is 2.12. The molecular weight excluding hydrogens is 328 g/mol. The van der Waals surface area contributed by atoms with Crippen molar-refractivity contribution in [2.24, 2.45) is 0 Å². The number of rotatable bonds is 8. The molecule has 2 aromatic rings. The number of halogens is 1. The van der Waals surface area contributed by atoms with Gasteiger partial charge in [0.1, 0.15) is 25.2 Å². The van der Waals surface area contributed by atoms with Crippen LogP contribution in [0.1, 0.15) is 28.4 Å². The first-order chi connectivity index (χ1) is 11.5. The zero-order valence-corrected chi connectivity index (χ0v) is 14.9. The van der Waals surface area contributed by atoms with Gasteiger partial charge < -0.3 is 14.2 Å². The van der Waals surface area contributed by atoms with E-state index in [0.29, 0.717) is 41.9 Å². The van der Waals surface area contributed by atoms with E-state index in [0.717, 1.165) is 17.6 Å². The molecule has 0 atom stereocenters. The molecule has 0 unspecified atom stereocenters. The maximum Gasteiger partial charge on any atom is 0.179 e. The third-order valence-corrected chi connectivity index (χ3v) is 3.67. The molecular formula is C19H21ClO4. The van der Waals surface area contributed by atoms with E-state index in [1.54, 1.807) is 12.1 Å². The summed E-state index contributed by atoms with van der Waals surface area (Å²) in [4.78, 5) is 10.9. The van der Waals surface area contributed by atoms with E-state index in [2.05, 4.69) is 6.07 Å². The minimum absolute atomic E-state index is 0.313. The highest BCUT2D eigenvalue weighted by Crippen LogP contribution is 2.36. The molecule has 0 saturated heterocycles. The second-order valence-corrected chi connectivity index (χ2v) is 5.75. The fourth-order valence-corrected chi connectivity index (χ4v) is 2.59. The number of ether oxygens (including phenoxy) is 3. The fraction of sp³-hybridized carbons (Fsp3) is 0.316. The summed E-state index contributed by atoms with van der Waals surface area (Å²) in [5, 5.41) is 0.342. The van der Waals surface area contributed by atoms with E-state index < -0.39 is 0 Å². The van der Waals surface area contributed by atoms with Crippen LogP contribution >= 0.6 is 11.6 Å². The van der Waals surface area contributed by atoms with E-state index in [-0.39, 0.29) is 0 Å². The SMILES string of the molecule is CCOc1cc(C=O)cc(Cl)c1OCCOc1ccc(C)cc1C. The Labute approximate surface area is 147 Å². The van der Waals surface area contributed by atoms with Crippen molar-refractivity contribution in [3.8, 4) is 17.2 Å². The van der Waals surface area contributed by atoms with Gasteiger partial charge in [-0.1, -0.05) is 29.3 Å². The molecule has 0 aliphatic heterocycles. The van der Waals surface area contributed by atoms with Gasteiger partial charge in [-0.3, -0.25) is 4.79 Å². The summed E-state index contributed by atoms with van der Waals surface area (Å²) >= 11 is 6.18. The summed E-state index contributed by atoms with van der Waals surface area (Å²) in [5.74, 6) is 1.71. The van der Waals surface area contributed by atoms with E-state index in [1.165, 1.54) is 5.56 Å². The van der Waals surface area contributed by atoms with Crippen molar-refractivity contribution in [2.45, 2.75) is 20.8 Å². The van der Waals surface area contributed by atoms with E-state index in [4.69, 9.17) is 25.8 Å². The van der Waals surface area contributed by atoms with Crippen molar-refractivity contribution in [3.05, 3.63) is 52.0 Å². The highest BCUT2D eigenvalue weighted by molar-refractivity contribution is 6.32. The van der Waals surface area contributed by atoms with Gasteiger partial charge in [-0.25, -0.2) is 0 Å². The van der Waals surface area contributed by atoms with Gasteiger partial charge in [-0.15, -0.1) is 0 Å². The van der Waals surface area contributed by atoms with Gasteiger partial charge >= 0.3 is 0 Å². The van der Waals surface area contributed by atoms with Gasteiger partial charge in [0.25, 0.3) is 0 Å². The quantitative estimate of drug-likeness (QED) is 0.515. The number of carbonyl (C=O) groups is 1. The van der Waals surface area contributed by atoms with Gasteiger partial charge in [-0.05, 0) is 44.5 Å². The molecule has 0 heterocycles. The standard InChI is InChI=1S/C19H21ClO4/c1-4-22-18-11-15(12-21)10-16(20)19(18)24-8-7-23-17-6-5-13(2)9-14(17)3/h5-6,9-12H,4,7-8H2,1-3H3. The smallest absolute Gasteiger partial charge is 0.179 e. The van der Waals surface area contributed by atoms with Gasteiger partial charge in [0.15, 0.2) is 11.5 Å². The highest BCUT2D eigenvalue weighted by atomic mass is 35.5. The van der Waals surface area contributed by atoms with Crippen LogP contribution < -0.4 is 14.2 Å². The van der Waals surface area contributed by atoms with Crippen LogP contribution in [0.2, 0.25) is 5.02 Å². The lowest BCUT2D eigenvalue weighted by Crippen LogP contribution is -2.11. The molecule has 0 aliphatic carbocycles. The molecule has 0 amide bonds.